The lowest BCUT2D eigenvalue weighted by atomic mass is 10.2. The van der Waals surface area contributed by atoms with Crippen LogP contribution in [-0.2, 0) is 0 Å². The molecule has 1 aromatic heterocycles. The quantitative estimate of drug-likeness (QED) is 0.923. The summed E-state index contributed by atoms with van der Waals surface area (Å²) in [6.07, 6.45) is -1.05. The Hall–Kier alpha value is -2.35. The van der Waals surface area contributed by atoms with Gasteiger partial charge in [0.25, 0.3) is 5.91 Å². The largest absolute Gasteiger partial charge is 0.394 e. The number of nitrogens with zero attached hydrogens (tertiary/aromatic N) is 4. The highest BCUT2D eigenvalue weighted by atomic mass is 19.1. The number of alkyl halides is 1. The van der Waals surface area contributed by atoms with Crippen molar-refractivity contribution in [2.75, 3.05) is 13.2 Å². The summed E-state index contributed by atoms with van der Waals surface area (Å²) in [7, 11) is 0. The number of hydrogen-bond donors (Lipinski definition) is 1. The summed E-state index contributed by atoms with van der Waals surface area (Å²) in [5.74, 6) is -0.510. The van der Waals surface area contributed by atoms with Crippen LogP contribution in [0.5, 0.6) is 0 Å². The molecular formula is C15H16F2N4O2. The normalized spacial score (nSPS) is 21.0. The Morgan fingerprint density at radius 3 is 2.74 bits per heavy atom. The number of benzene rings is 1. The molecule has 0 aliphatic carbocycles. The topological polar surface area (TPSA) is 71.2 Å². The van der Waals surface area contributed by atoms with Crippen molar-refractivity contribution < 1.29 is 18.7 Å². The first kappa shape index (κ1) is 15.5. The van der Waals surface area contributed by atoms with Crippen LogP contribution in [0, 0.1) is 12.7 Å². The molecule has 1 fully saturated rings. The van der Waals surface area contributed by atoms with Gasteiger partial charge in [0, 0.05) is 6.42 Å². The Bertz CT molecular complexity index is 717. The molecule has 1 aromatic carbocycles. The van der Waals surface area contributed by atoms with Crippen molar-refractivity contribution in [1.29, 1.82) is 0 Å². The van der Waals surface area contributed by atoms with Gasteiger partial charge in [-0.15, -0.1) is 5.10 Å². The Morgan fingerprint density at radius 1 is 1.39 bits per heavy atom. The standard InChI is InChI=1S/C15H16F2N4O2/c1-9-18-14(15(23)20-7-11(17)6-13(20)8-22)19-21(9)12-4-2-10(16)3-5-12/h2-5,11,13,22H,6-8H2,1H3/t11-,13-/m0/s1. The summed E-state index contributed by atoms with van der Waals surface area (Å²) in [6, 6.07) is 5.06. The van der Waals surface area contributed by atoms with Gasteiger partial charge in [-0.3, -0.25) is 4.79 Å². The fourth-order valence-electron chi connectivity index (χ4n) is 2.72. The van der Waals surface area contributed by atoms with Crippen molar-refractivity contribution in [3.05, 3.63) is 41.7 Å². The van der Waals surface area contributed by atoms with Gasteiger partial charge in [-0.25, -0.2) is 18.4 Å². The summed E-state index contributed by atoms with van der Waals surface area (Å²) in [4.78, 5) is 17.8. The van der Waals surface area contributed by atoms with Crippen molar-refractivity contribution >= 4 is 5.91 Å². The molecule has 0 saturated carbocycles. The number of carbonyl (C=O) groups is 1. The SMILES string of the molecule is Cc1nc(C(=O)N2C[C@@H](F)C[C@H]2CO)nn1-c1ccc(F)cc1. The number of aliphatic hydroxyl groups is 1. The molecule has 6 nitrogen and oxygen atoms in total. The minimum absolute atomic E-state index is 0.0700. The molecule has 2 aromatic rings. The van der Waals surface area contributed by atoms with Gasteiger partial charge in [-0.1, -0.05) is 0 Å². The van der Waals surface area contributed by atoms with Crippen LogP contribution < -0.4 is 0 Å². The lowest BCUT2D eigenvalue weighted by Gasteiger charge is -2.20. The Labute approximate surface area is 131 Å². The second kappa shape index (κ2) is 6.04. The van der Waals surface area contributed by atoms with E-state index in [1.165, 1.54) is 33.8 Å². The number of rotatable bonds is 3. The second-order valence-corrected chi connectivity index (χ2v) is 5.50. The lowest BCUT2D eigenvalue weighted by molar-refractivity contribution is 0.0660. The average molecular weight is 322 g/mol. The molecular weight excluding hydrogens is 306 g/mol. The van der Waals surface area contributed by atoms with Gasteiger partial charge < -0.3 is 10.0 Å². The van der Waals surface area contributed by atoms with Gasteiger partial charge in [-0.2, -0.15) is 0 Å². The molecule has 1 amide bonds. The number of aryl methyl sites for hydroxylation is 1. The number of halogens is 2. The molecule has 1 N–H and O–H groups in total. The zero-order valence-corrected chi connectivity index (χ0v) is 12.5. The molecule has 23 heavy (non-hydrogen) atoms. The van der Waals surface area contributed by atoms with Crippen molar-refractivity contribution in [1.82, 2.24) is 19.7 Å². The van der Waals surface area contributed by atoms with Gasteiger partial charge in [0.05, 0.1) is 24.9 Å². The first-order valence-electron chi connectivity index (χ1n) is 7.25. The minimum atomic E-state index is -1.16. The van der Waals surface area contributed by atoms with Gasteiger partial charge in [0.15, 0.2) is 0 Å². The molecule has 1 aliphatic heterocycles. The van der Waals surface area contributed by atoms with E-state index in [2.05, 4.69) is 10.1 Å². The Kier molecular flexibility index (Phi) is 4.08. The predicted octanol–water partition coefficient (Wildman–Crippen LogP) is 1.26. The van der Waals surface area contributed by atoms with Crippen LogP contribution in [0.15, 0.2) is 24.3 Å². The van der Waals surface area contributed by atoms with E-state index < -0.39 is 18.1 Å². The van der Waals surface area contributed by atoms with E-state index in [1.54, 1.807) is 6.92 Å². The number of amides is 1. The monoisotopic (exact) mass is 322 g/mol. The maximum absolute atomic E-state index is 13.5. The van der Waals surface area contributed by atoms with E-state index in [0.717, 1.165) is 0 Å². The van der Waals surface area contributed by atoms with Gasteiger partial charge in [-0.05, 0) is 31.2 Å². The molecule has 0 bridgehead atoms. The molecule has 1 aliphatic rings. The summed E-state index contributed by atoms with van der Waals surface area (Å²) >= 11 is 0. The number of aliphatic hydroxyl groups excluding tert-OH is 1. The summed E-state index contributed by atoms with van der Waals surface area (Å²) in [5, 5.41) is 13.4. The molecule has 2 atom stereocenters. The van der Waals surface area contributed by atoms with Crippen LogP contribution in [0.25, 0.3) is 5.69 Å². The molecule has 3 rings (SSSR count). The first-order valence-corrected chi connectivity index (χ1v) is 7.25. The highest BCUT2D eigenvalue weighted by Gasteiger charge is 2.36. The second-order valence-electron chi connectivity index (χ2n) is 5.50. The van der Waals surface area contributed by atoms with Crippen molar-refractivity contribution in [3.63, 3.8) is 0 Å². The van der Waals surface area contributed by atoms with Crippen molar-refractivity contribution in [2.24, 2.45) is 0 Å². The van der Waals surface area contributed by atoms with Gasteiger partial charge in [0.2, 0.25) is 5.82 Å². The zero-order chi connectivity index (χ0) is 16.6. The third-order valence-electron chi connectivity index (χ3n) is 3.87. The number of likely N-dealkylation sites (tertiary alicyclic amines) is 1. The third kappa shape index (κ3) is 2.94. The minimum Gasteiger partial charge on any atom is -0.394 e. The molecule has 0 unspecified atom stereocenters. The lowest BCUT2D eigenvalue weighted by Crippen LogP contribution is -2.38. The number of carbonyl (C=O) groups excluding carboxylic acids is 1. The number of hydrogen-bond acceptors (Lipinski definition) is 4. The molecule has 122 valence electrons. The fraction of sp³-hybridized carbons (Fsp3) is 0.400. The maximum Gasteiger partial charge on any atom is 0.293 e. The van der Waals surface area contributed by atoms with Crippen molar-refractivity contribution in [2.45, 2.75) is 25.6 Å². The molecule has 1 saturated heterocycles. The molecule has 0 radical (unpaired) electrons. The molecule has 2 heterocycles. The number of aromatic nitrogens is 3. The van der Waals surface area contributed by atoms with Crippen LogP contribution in [-0.4, -0.2) is 56.0 Å². The average Bonchev–Trinajstić information content (AvgIpc) is 3.10. The van der Waals surface area contributed by atoms with E-state index in [1.807, 2.05) is 0 Å². The van der Waals surface area contributed by atoms with Crippen LogP contribution in [0.3, 0.4) is 0 Å². The van der Waals surface area contributed by atoms with Crippen LogP contribution in [0.4, 0.5) is 8.78 Å². The van der Waals surface area contributed by atoms with Crippen molar-refractivity contribution in [3.8, 4) is 5.69 Å². The third-order valence-corrected chi connectivity index (χ3v) is 3.87. The molecule has 8 heteroatoms. The first-order chi connectivity index (χ1) is 11.0. The van der Waals surface area contributed by atoms with Crippen LogP contribution in [0.1, 0.15) is 22.9 Å². The van der Waals surface area contributed by atoms with E-state index >= 15 is 0 Å². The van der Waals surface area contributed by atoms with Crippen LogP contribution in [0.2, 0.25) is 0 Å². The maximum atomic E-state index is 13.5. The highest BCUT2D eigenvalue weighted by Crippen LogP contribution is 2.22. The summed E-state index contributed by atoms with van der Waals surface area (Å²) < 4.78 is 27.9. The Morgan fingerprint density at radius 2 is 2.09 bits per heavy atom. The summed E-state index contributed by atoms with van der Waals surface area (Å²) in [5.41, 5.74) is 0.568. The van der Waals surface area contributed by atoms with Gasteiger partial charge in [0.1, 0.15) is 17.8 Å². The predicted molar refractivity (Wildman–Crippen MR) is 77.5 cm³/mol. The zero-order valence-electron chi connectivity index (χ0n) is 12.5. The smallest absolute Gasteiger partial charge is 0.293 e. The van der Waals surface area contributed by atoms with E-state index in [-0.39, 0.29) is 31.2 Å². The fourth-order valence-corrected chi connectivity index (χ4v) is 2.72. The van der Waals surface area contributed by atoms with E-state index in [4.69, 9.17) is 0 Å². The van der Waals surface area contributed by atoms with Gasteiger partial charge >= 0.3 is 0 Å². The van der Waals surface area contributed by atoms with E-state index in [9.17, 15) is 18.7 Å². The Balaban J connectivity index is 1.88. The highest BCUT2D eigenvalue weighted by molar-refractivity contribution is 5.91. The summed E-state index contributed by atoms with van der Waals surface area (Å²) in [6.45, 7) is 1.29. The van der Waals surface area contributed by atoms with E-state index in [0.29, 0.717) is 11.5 Å². The molecule has 0 spiro atoms. The van der Waals surface area contributed by atoms with Crippen LogP contribution >= 0.6 is 0 Å².